The van der Waals surface area contributed by atoms with Crippen LogP contribution in [0.25, 0.3) is 0 Å². The van der Waals surface area contributed by atoms with Gasteiger partial charge in [-0.1, -0.05) is 23.2 Å². The van der Waals surface area contributed by atoms with Crippen molar-refractivity contribution < 1.29 is 4.79 Å². The van der Waals surface area contributed by atoms with Gasteiger partial charge < -0.3 is 15.6 Å². The van der Waals surface area contributed by atoms with E-state index in [4.69, 9.17) is 23.2 Å². The maximum atomic E-state index is 12.0. The first-order chi connectivity index (χ1) is 8.58. The fourth-order valence-electron chi connectivity index (χ4n) is 2.23. The molecule has 0 aliphatic carbocycles. The van der Waals surface area contributed by atoms with Crippen molar-refractivity contribution in [1.82, 2.24) is 15.6 Å². The van der Waals surface area contributed by atoms with Crippen molar-refractivity contribution >= 4 is 29.1 Å². The molecule has 1 aromatic rings. The summed E-state index contributed by atoms with van der Waals surface area (Å²) < 4.78 is 0. The molecule has 2 rings (SSSR count). The van der Waals surface area contributed by atoms with Gasteiger partial charge in [-0.25, -0.2) is 0 Å². The highest BCUT2D eigenvalue weighted by Crippen LogP contribution is 2.22. The molecule has 1 fully saturated rings. The lowest BCUT2D eigenvalue weighted by atomic mass is 9.93. The average molecular weight is 290 g/mol. The molecule has 2 unspecified atom stereocenters. The minimum absolute atomic E-state index is 0.131. The van der Waals surface area contributed by atoms with Crippen molar-refractivity contribution in [2.24, 2.45) is 5.92 Å². The Bertz CT molecular complexity index is 407. The average Bonchev–Trinajstić information content (AvgIpc) is 2.71. The second-order valence-electron chi connectivity index (χ2n) is 4.71. The van der Waals surface area contributed by atoms with Gasteiger partial charge in [0.2, 0.25) is 0 Å². The molecule has 6 heteroatoms. The largest absolute Gasteiger partial charge is 0.348 e. The zero-order valence-electron chi connectivity index (χ0n) is 10.2. The van der Waals surface area contributed by atoms with Crippen molar-refractivity contribution in [3.8, 4) is 0 Å². The first-order valence-electron chi connectivity index (χ1n) is 6.13. The Morgan fingerprint density at radius 2 is 2.33 bits per heavy atom. The quantitative estimate of drug-likeness (QED) is 0.801. The number of H-pyrrole nitrogens is 1. The predicted molar refractivity (Wildman–Crippen MR) is 73.3 cm³/mol. The number of halogens is 2. The number of carbonyl (C=O) groups is 1. The second-order valence-corrected chi connectivity index (χ2v) is 5.50. The van der Waals surface area contributed by atoms with Crippen LogP contribution in [0.2, 0.25) is 10.2 Å². The molecular weight excluding hydrogens is 273 g/mol. The van der Waals surface area contributed by atoms with E-state index in [2.05, 4.69) is 15.6 Å². The van der Waals surface area contributed by atoms with Crippen LogP contribution in [-0.4, -0.2) is 30.0 Å². The lowest BCUT2D eigenvalue weighted by molar-refractivity contribution is 0.0917. The number of hydrogen-bond acceptors (Lipinski definition) is 2. The summed E-state index contributed by atoms with van der Waals surface area (Å²) in [7, 11) is 0. The summed E-state index contributed by atoms with van der Waals surface area (Å²) in [6.07, 6.45) is 2.30. The smallest absolute Gasteiger partial charge is 0.268 e. The molecule has 1 saturated heterocycles. The number of amides is 1. The van der Waals surface area contributed by atoms with Crippen molar-refractivity contribution in [3.63, 3.8) is 0 Å². The summed E-state index contributed by atoms with van der Waals surface area (Å²) in [6.45, 7) is 4.05. The van der Waals surface area contributed by atoms with Gasteiger partial charge in [-0.05, 0) is 44.8 Å². The number of piperidine rings is 1. The number of nitrogens with one attached hydrogen (secondary N) is 3. The Kier molecular flexibility index (Phi) is 4.54. The summed E-state index contributed by atoms with van der Waals surface area (Å²) in [6, 6.07) is 1.68. The summed E-state index contributed by atoms with van der Waals surface area (Å²) >= 11 is 11.6. The lowest BCUT2D eigenvalue weighted by Crippen LogP contribution is -2.44. The van der Waals surface area contributed by atoms with Crippen LogP contribution in [0.3, 0.4) is 0 Å². The monoisotopic (exact) mass is 289 g/mol. The van der Waals surface area contributed by atoms with Gasteiger partial charge in [0.1, 0.15) is 10.8 Å². The minimum Gasteiger partial charge on any atom is -0.348 e. The molecular formula is C12H17Cl2N3O. The molecule has 0 saturated carbocycles. The van der Waals surface area contributed by atoms with E-state index < -0.39 is 0 Å². The van der Waals surface area contributed by atoms with Crippen molar-refractivity contribution in [2.45, 2.75) is 25.8 Å². The first-order valence-corrected chi connectivity index (χ1v) is 6.89. The van der Waals surface area contributed by atoms with Crippen LogP contribution in [0.1, 0.15) is 30.3 Å². The molecule has 0 radical (unpaired) electrons. The Labute approximate surface area is 116 Å². The third kappa shape index (κ3) is 3.19. The lowest BCUT2D eigenvalue weighted by Gasteiger charge is -2.28. The van der Waals surface area contributed by atoms with Crippen LogP contribution in [-0.2, 0) is 0 Å². The van der Waals surface area contributed by atoms with Gasteiger partial charge in [-0.2, -0.15) is 0 Å². The summed E-state index contributed by atoms with van der Waals surface area (Å²) in [5.41, 5.74) is 0.403. The highest BCUT2D eigenvalue weighted by atomic mass is 35.5. The molecule has 18 heavy (non-hydrogen) atoms. The van der Waals surface area contributed by atoms with E-state index in [9.17, 15) is 4.79 Å². The molecule has 3 N–H and O–H groups in total. The first kappa shape index (κ1) is 13.7. The number of hydrogen-bond donors (Lipinski definition) is 3. The zero-order valence-corrected chi connectivity index (χ0v) is 11.7. The van der Waals surface area contributed by atoms with E-state index in [-0.39, 0.29) is 11.9 Å². The van der Waals surface area contributed by atoms with Gasteiger partial charge in [-0.3, -0.25) is 4.79 Å². The number of rotatable bonds is 3. The molecule has 0 bridgehead atoms. The normalized spacial score (nSPS) is 21.6. The fraction of sp³-hybridized carbons (Fsp3) is 0.583. The van der Waals surface area contributed by atoms with E-state index in [1.165, 1.54) is 0 Å². The van der Waals surface area contributed by atoms with E-state index in [0.717, 1.165) is 25.9 Å². The topological polar surface area (TPSA) is 56.9 Å². The van der Waals surface area contributed by atoms with Gasteiger partial charge in [0.15, 0.2) is 0 Å². The van der Waals surface area contributed by atoms with Gasteiger partial charge in [0.25, 0.3) is 5.91 Å². The molecule has 2 atom stereocenters. The summed E-state index contributed by atoms with van der Waals surface area (Å²) in [4.78, 5) is 14.7. The van der Waals surface area contributed by atoms with E-state index >= 15 is 0 Å². The van der Waals surface area contributed by atoms with Crippen LogP contribution < -0.4 is 10.6 Å². The van der Waals surface area contributed by atoms with Gasteiger partial charge >= 0.3 is 0 Å². The molecule has 1 amide bonds. The third-order valence-electron chi connectivity index (χ3n) is 3.37. The van der Waals surface area contributed by atoms with Crippen LogP contribution in [0.4, 0.5) is 0 Å². The number of carbonyl (C=O) groups excluding carboxylic acids is 1. The molecule has 2 heterocycles. The fourth-order valence-corrected chi connectivity index (χ4v) is 2.55. The highest BCUT2D eigenvalue weighted by Gasteiger charge is 2.22. The molecule has 1 aliphatic rings. The Morgan fingerprint density at radius 1 is 1.56 bits per heavy atom. The zero-order chi connectivity index (χ0) is 13.1. The Hall–Kier alpha value is -0.710. The third-order valence-corrected chi connectivity index (χ3v) is 4.06. The molecule has 100 valence electrons. The van der Waals surface area contributed by atoms with E-state index in [1.54, 1.807) is 6.07 Å². The molecule has 1 aliphatic heterocycles. The van der Waals surface area contributed by atoms with Crippen molar-refractivity contribution in [2.75, 3.05) is 13.1 Å². The number of aromatic nitrogens is 1. The Balaban J connectivity index is 1.93. The summed E-state index contributed by atoms with van der Waals surface area (Å²) in [5.74, 6) is 0.311. The van der Waals surface area contributed by atoms with Crippen LogP contribution in [0.15, 0.2) is 6.07 Å². The molecule has 0 aromatic carbocycles. The van der Waals surface area contributed by atoms with Gasteiger partial charge in [0.05, 0.1) is 5.02 Å². The SMILES string of the molecule is CC(NC(=O)c1cc(Cl)c(Cl)[nH]1)C1CCCNC1. The molecule has 4 nitrogen and oxygen atoms in total. The predicted octanol–water partition coefficient (Wildman–Crippen LogP) is 2.44. The van der Waals surface area contributed by atoms with E-state index in [0.29, 0.717) is 21.8 Å². The standard InChI is InChI=1S/C12H17Cl2N3O/c1-7(8-3-2-4-15-6-8)16-12(18)10-5-9(13)11(14)17-10/h5,7-8,15,17H,2-4,6H2,1H3,(H,16,18). The van der Waals surface area contributed by atoms with Crippen LogP contribution >= 0.6 is 23.2 Å². The second kappa shape index (κ2) is 5.95. The minimum atomic E-state index is -0.165. The van der Waals surface area contributed by atoms with E-state index in [1.807, 2.05) is 6.92 Å². The van der Waals surface area contributed by atoms with Crippen molar-refractivity contribution in [3.05, 3.63) is 21.9 Å². The number of aromatic amines is 1. The summed E-state index contributed by atoms with van der Waals surface area (Å²) in [5, 5.41) is 6.99. The van der Waals surface area contributed by atoms with Crippen LogP contribution in [0.5, 0.6) is 0 Å². The molecule has 0 spiro atoms. The van der Waals surface area contributed by atoms with Gasteiger partial charge in [-0.15, -0.1) is 0 Å². The van der Waals surface area contributed by atoms with Crippen molar-refractivity contribution in [1.29, 1.82) is 0 Å². The molecule has 1 aromatic heterocycles. The van der Waals surface area contributed by atoms with Gasteiger partial charge in [0, 0.05) is 6.04 Å². The maximum absolute atomic E-state index is 12.0. The Morgan fingerprint density at radius 3 is 2.89 bits per heavy atom. The van der Waals surface area contributed by atoms with Crippen LogP contribution in [0, 0.1) is 5.92 Å². The maximum Gasteiger partial charge on any atom is 0.268 e. The highest BCUT2D eigenvalue weighted by molar-refractivity contribution is 6.41.